The summed E-state index contributed by atoms with van der Waals surface area (Å²) in [5.41, 5.74) is 2.36. The molecule has 0 radical (unpaired) electrons. The normalized spacial score (nSPS) is 10.7. The van der Waals surface area contributed by atoms with Gasteiger partial charge in [-0.3, -0.25) is 14.9 Å². The fourth-order valence-electron chi connectivity index (χ4n) is 2.63. The number of hydrogen-bond acceptors (Lipinski definition) is 6. The first-order valence-electron chi connectivity index (χ1n) is 8.66. The summed E-state index contributed by atoms with van der Waals surface area (Å²) in [7, 11) is 1.62. The van der Waals surface area contributed by atoms with Crippen molar-refractivity contribution in [3.05, 3.63) is 57.3 Å². The Morgan fingerprint density at radius 3 is 2.75 bits per heavy atom. The van der Waals surface area contributed by atoms with Crippen molar-refractivity contribution in [1.29, 1.82) is 0 Å². The highest BCUT2D eigenvalue weighted by atomic mass is 32.1. The molecule has 0 aliphatic heterocycles. The molecule has 2 N–H and O–H groups in total. The molecule has 6 nitrogen and oxygen atoms in total. The second-order valence-corrected chi connectivity index (χ2v) is 8.56. The fourth-order valence-corrected chi connectivity index (χ4v) is 4.51. The van der Waals surface area contributed by atoms with Crippen LogP contribution in [0.2, 0.25) is 0 Å². The number of aromatic nitrogens is 1. The number of carbonyl (C=O) groups excluding carboxylic acids is 2. The number of nitrogens with one attached hydrogen (secondary N) is 2. The molecule has 0 atom stereocenters. The number of nitrogens with zero attached hydrogens (tertiary/aromatic N) is 1. The molecule has 2 aromatic heterocycles. The van der Waals surface area contributed by atoms with Crippen LogP contribution < -0.4 is 10.6 Å². The highest BCUT2D eigenvalue weighted by molar-refractivity contribution is 7.18. The third kappa shape index (κ3) is 5.03. The first-order valence-corrected chi connectivity index (χ1v) is 10.3. The van der Waals surface area contributed by atoms with Crippen LogP contribution in [0.5, 0.6) is 0 Å². The number of benzene rings is 1. The highest BCUT2D eigenvalue weighted by Gasteiger charge is 2.15. The molecule has 0 bridgehead atoms. The van der Waals surface area contributed by atoms with Crippen molar-refractivity contribution in [2.24, 2.45) is 0 Å². The number of carbonyl (C=O) groups is 2. The number of rotatable bonds is 7. The van der Waals surface area contributed by atoms with E-state index >= 15 is 0 Å². The molecule has 0 saturated carbocycles. The van der Waals surface area contributed by atoms with Crippen molar-refractivity contribution in [3.8, 4) is 10.6 Å². The SMILES string of the molecule is COCc1cccc(C(=O)Nc2nc(-c3ccc(CNC(C)=O)s3)c(C)s2)c1. The fraction of sp³-hybridized carbons (Fsp3) is 0.250. The van der Waals surface area contributed by atoms with Crippen LogP contribution in [0.25, 0.3) is 10.6 Å². The zero-order valence-corrected chi connectivity index (χ0v) is 17.5. The Morgan fingerprint density at radius 1 is 1.18 bits per heavy atom. The summed E-state index contributed by atoms with van der Waals surface area (Å²) >= 11 is 3.02. The Labute approximate surface area is 171 Å². The van der Waals surface area contributed by atoms with E-state index in [1.54, 1.807) is 24.5 Å². The predicted molar refractivity (Wildman–Crippen MR) is 113 cm³/mol. The molecule has 0 fully saturated rings. The van der Waals surface area contributed by atoms with Gasteiger partial charge >= 0.3 is 0 Å². The number of hydrogen-bond donors (Lipinski definition) is 2. The van der Waals surface area contributed by atoms with Crippen molar-refractivity contribution in [2.45, 2.75) is 27.0 Å². The van der Waals surface area contributed by atoms with Crippen molar-refractivity contribution in [1.82, 2.24) is 10.3 Å². The molecule has 3 aromatic rings. The summed E-state index contributed by atoms with van der Waals surface area (Å²) in [6.45, 7) is 4.44. The zero-order valence-electron chi connectivity index (χ0n) is 15.9. The second-order valence-electron chi connectivity index (χ2n) is 6.19. The van der Waals surface area contributed by atoms with Gasteiger partial charge in [0.2, 0.25) is 5.91 Å². The van der Waals surface area contributed by atoms with Crippen LogP contribution in [-0.4, -0.2) is 23.9 Å². The summed E-state index contributed by atoms with van der Waals surface area (Å²) < 4.78 is 5.12. The lowest BCUT2D eigenvalue weighted by Crippen LogP contribution is -2.17. The molecule has 2 heterocycles. The number of amides is 2. The summed E-state index contributed by atoms with van der Waals surface area (Å²) in [4.78, 5) is 31.3. The lowest BCUT2D eigenvalue weighted by Gasteiger charge is -2.04. The largest absolute Gasteiger partial charge is 0.380 e. The predicted octanol–water partition coefficient (Wildman–Crippen LogP) is 4.21. The monoisotopic (exact) mass is 415 g/mol. The van der Waals surface area contributed by atoms with Crippen LogP contribution in [0.3, 0.4) is 0 Å². The molecule has 0 spiro atoms. The standard InChI is InChI=1S/C20H21N3O3S2/c1-12-18(17-8-7-16(28-17)10-21-13(2)24)22-20(27-12)23-19(25)15-6-4-5-14(9-15)11-26-3/h4-9H,10-11H2,1-3H3,(H,21,24)(H,22,23,25). The molecule has 0 saturated heterocycles. The number of aryl methyl sites for hydroxylation is 1. The van der Waals surface area contributed by atoms with E-state index in [1.807, 2.05) is 37.3 Å². The van der Waals surface area contributed by atoms with Gasteiger partial charge in [0.1, 0.15) is 0 Å². The molecule has 2 amide bonds. The second kappa shape index (κ2) is 9.09. The van der Waals surface area contributed by atoms with Crippen LogP contribution >= 0.6 is 22.7 Å². The van der Waals surface area contributed by atoms with Crippen LogP contribution in [0.4, 0.5) is 5.13 Å². The third-order valence-corrected chi connectivity index (χ3v) is 5.90. The van der Waals surface area contributed by atoms with E-state index < -0.39 is 0 Å². The third-order valence-electron chi connectivity index (χ3n) is 3.92. The molecular formula is C20H21N3O3S2. The van der Waals surface area contributed by atoms with Gasteiger partial charge in [0, 0.05) is 29.4 Å². The lowest BCUT2D eigenvalue weighted by molar-refractivity contribution is -0.119. The molecule has 0 unspecified atom stereocenters. The van der Waals surface area contributed by atoms with Gasteiger partial charge in [-0.15, -0.1) is 22.7 Å². The maximum atomic E-state index is 12.6. The van der Waals surface area contributed by atoms with E-state index in [4.69, 9.17) is 4.74 Å². The highest BCUT2D eigenvalue weighted by Crippen LogP contribution is 2.34. The molecule has 8 heteroatoms. The van der Waals surface area contributed by atoms with Gasteiger partial charge in [-0.05, 0) is 36.8 Å². The number of ether oxygens (including phenoxy) is 1. The van der Waals surface area contributed by atoms with Gasteiger partial charge in [0.05, 0.1) is 23.7 Å². The Balaban J connectivity index is 1.72. The van der Waals surface area contributed by atoms with Gasteiger partial charge in [-0.2, -0.15) is 0 Å². The molecular weight excluding hydrogens is 394 g/mol. The number of thiazole rings is 1. The minimum atomic E-state index is -0.198. The van der Waals surface area contributed by atoms with Gasteiger partial charge in [-0.25, -0.2) is 4.98 Å². The Kier molecular flexibility index (Phi) is 6.56. The first-order chi connectivity index (χ1) is 13.5. The maximum absolute atomic E-state index is 12.6. The number of methoxy groups -OCH3 is 1. The van der Waals surface area contributed by atoms with Crippen molar-refractivity contribution < 1.29 is 14.3 Å². The van der Waals surface area contributed by atoms with Crippen LogP contribution in [-0.2, 0) is 22.7 Å². The van der Waals surface area contributed by atoms with Gasteiger partial charge < -0.3 is 10.1 Å². The van der Waals surface area contributed by atoms with Crippen molar-refractivity contribution in [2.75, 3.05) is 12.4 Å². The average Bonchev–Trinajstić information content (AvgIpc) is 3.27. The zero-order chi connectivity index (χ0) is 20.1. The molecule has 3 rings (SSSR count). The van der Waals surface area contributed by atoms with E-state index in [2.05, 4.69) is 15.6 Å². The summed E-state index contributed by atoms with van der Waals surface area (Å²) in [6.07, 6.45) is 0. The van der Waals surface area contributed by atoms with Gasteiger partial charge in [-0.1, -0.05) is 12.1 Å². The maximum Gasteiger partial charge on any atom is 0.257 e. The number of thiophene rings is 1. The number of anilines is 1. The smallest absolute Gasteiger partial charge is 0.257 e. The van der Waals surface area contributed by atoms with Gasteiger partial charge in [0.15, 0.2) is 5.13 Å². The average molecular weight is 416 g/mol. The Bertz CT molecular complexity index is 994. The summed E-state index contributed by atoms with van der Waals surface area (Å²) in [6, 6.07) is 11.3. The molecule has 146 valence electrons. The van der Waals surface area contributed by atoms with E-state index in [-0.39, 0.29) is 11.8 Å². The van der Waals surface area contributed by atoms with E-state index in [1.165, 1.54) is 18.3 Å². The Morgan fingerprint density at radius 2 is 2.00 bits per heavy atom. The van der Waals surface area contributed by atoms with Crippen LogP contribution in [0, 0.1) is 6.92 Å². The van der Waals surface area contributed by atoms with E-state index in [0.29, 0.717) is 23.8 Å². The topological polar surface area (TPSA) is 80.3 Å². The van der Waals surface area contributed by atoms with Crippen molar-refractivity contribution >= 4 is 39.6 Å². The summed E-state index contributed by atoms with van der Waals surface area (Å²) in [5.74, 6) is -0.255. The lowest BCUT2D eigenvalue weighted by atomic mass is 10.1. The molecule has 0 aliphatic carbocycles. The molecule has 1 aromatic carbocycles. The summed E-state index contributed by atoms with van der Waals surface area (Å²) in [5, 5.41) is 6.23. The van der Waals surface area contributed by atoms with E-state index in [0.717, 1.165) is 25.9 Å². The van der Waals surface area contributed by atoms with Crippen LogP contribution in [0.1, 0.15) is 32.6 Å². The minimum absolute atomic E-state index is 0.0562. The van der Waals surface area contributed by atoms with Crippen LogP contribution in [0.15, 0.2) is 36.4 Å². The van der Waals surface area contributed by atoms with Gasteiger partial charge in [0.25, 0.3) is 5.91 Å². The quantitative estimate of drug-likeness (QED) is 0.606. The van der Waals surface area contributed by atoms with Crippen molar-refractivity contribution in [3.63, 3.8) is 0 Å². The first kappa shape index (κ1) is 20.2. The molecule has 28 heavy (non-hydrogen) atoms. The van der Waals surface area contributed by atoms with E-state index in [9.17, 15) is 9.59 Å². The Hall–Kier alpha value is -2.55. The molecule has 0 aliphatic rings. The minimum Gasteiger partial charge on any atom is -0.380 e.